The van der Waals surface area contributed by atoms with E-state index in [0.29, 0.717) is 11.6 Å². The summed E-state index contributed by atoms with van der Waals surface area (Å²) in [5, 5.41) is 11.4. The van der Waals surface area contributed by atoms with Crippen LogP contribution in [0, 0.1) is 5.41 Å². The summed E-state index contributed by atoms with van der Waals surface area (Å²) in [7, 11) is 1.88. The summed E-state index contributed by atoms with van der Waals surface area (Å²) in [4.78, 5) is 27.1. The average Bonchev–Trinajstić information content (AvgIpc) is 2.95. The van der Waals surface area contributed by atoms with Crippen molar-refractivity contribution in [3.8, 4) is 0 Å². The molecule has 1 aliphatic carbocycles. The van der Waals surface area contributed by atoms with Crippen LogP contribution in [0.15, 0.2) is 9.64 Å². The summed E-state index contributed by atoms with van der Waals surface area (Å²) >= 11 is 1.41. The molecule has 1 aromatic rings. The van der Waals surface area contributed by atoms with Crippen molar-refractivity contribution >= 4 is 24.0 Å². The fourth-order valence-corrected chi connectivity index (χ4v) is 4.35. The summed E-state index contributed by atoms with van der Waals surface area (Å²) in [6.45, 7) is 7.05. The van der Waals surface area contributed by atoms with Gasteiger partial charge in [-0.25, -0.2) is 0 Å². The first kappa shape index (κ1) is 22.9. The molecule has 0 radical (unpaired) electrons. The lowest BCUT2D eigenvalue weighted by atomic mass is 9.85. The van der Waals surface area contributed by atoms with E-state index in [9.17, 15) is 9.59 Å². The van der Waals surface area contributed by atoms with E-state index in [-0.39, 0.29) is 23.1 Å². The number of Topliss-reactive ketones (excluding diaryl/α,β-unsaturated/α-hetero) is 1. The maximum atomic E-state index is 13.3. The maximum Gasteiger partial charge on any atom is 0.286 e. The first-order chi connectivity index (χ1) is 13.4. The molecular formula is C20H34N4O3S. The van der Waals surface area contributed by atoms with Crippen molar-refractivity contribution < 1.29 is 14.0 Å². The Balaban J connectivity index is 2.20. The van der Waals surface area contributed by atoms with Gasteiger partial charge in [-0.15, -0.1) is 10.2 Å². The third-order valence-corrected chi connectivity index (χ3v) is 5.85. The van der Waals surface area contributed by atoms with E-state index in [1.165, 1.54) is 24.6 Å². The topological polar surface area (TPSA) is 88.3 Å². The Morgan fingerprint density at radius 2 is 1.96 bits per heavy atom. The zero-order valence-corrected chi connectivity index (χ0v) is 18.4. The van der Waals surface area contributed by atoms with Crippen molar-refractivity contribution in [1.82, 2.24) is 20.4 Å². The van der Waals surface area contributed by atoms with E-state index in [1.54, 1.807) is 4.90 Å². The van der Waals surface area contributed by atoms with Crippen molar-refractivity contribution in [2.75, 3.05) is 19.3 Å². The van der Waals surface area contributed by atoms with Crippen molar-refractivity contribution in [1.29, 1.82) is 0 Å². The van der Waals surface area contributed by atoms with Crippen LogP contribution in [0.1, 0.15) is 76.4 Å². The molecule has 8 heteroatoms. The number of hydrogen-bond acceptors (Lipinski definition) is 7. The number of rotatable bonds is 10. The molecule has 0 saturated heterocycles. The number of nitrogens with one attached hydrogen (secondary N) is 1. The van der Waals surface area contributed by atoms with Crippen LogP contribution in [0.4, 0.5) is 0 Å². The molecule has 0 aromatic carbocycles. The first-order valence-electron chi connectivity index (χ1n) is 10.2. The summed E-state index contributed by atoms with van der Waals surface area (Å²) in [6, 6.07) is -0.472. The molecule has 1 aromatic heterocycles. The fraction of sp³-hybridized carbons (Fsp3) is 0.800. The molecule has 1 fully saturated rings. The van der Waals surface area contributed by atoms with Crippen LogP contribution < -0.4 is 5.32 Å². The van der Waals surface area contributed by atoms with Gasteiger partial charge in [0.1, 0.15) is 6.04 Å². The second kappa shape index (κ2) is 11.0. The molecule has 1 aliphatic rings. The fourth-order valence-electron chi connectivity index (χ4n) is 3.63. The molecule has 1 saturated carbocycles. The molecule has 28 heavy (non-hydrogen) atoms. The number of hydrogen-bond donors (Lipinski definition) is 1. The minimum absolute atomic E-state index is 0.00156. The van der Waals surface area contributed by atoms with Crippen LogP contribution >= 0.6 is 11.8 Å². The van der Waals surface area contributed by atoms with Gasteiger partial charge < -0.3 is 14.6 Å². The molecule has 1 heterocycles. The van der Waals surface area contributed by atoms with Crippen LogP contribution in [0.5, 0.6) is 0 Å². The standard InChI is InChI=1S/C20H34N4O3S/c1-20(2,3)13-16(24(14-25)15-9-7-5-6-8-10-15)17(26)18-22-23-19(27-18)28-12-11-21-4/h14-16,21H,5-13H2,1-4H3. The molecule has 2 rings (SSSR count). The van der Waals surface area contributed by atoms with E-state index in [0.717, 1.165) is 44.4 Å². The number of carbonyl (C=O) groups excluding carboxylic acids is 2. The molecule has 1 unspecified atom stereocenters. The predicted octanol–water partition coefficient (Wildman–Crippen LogP) is 3.55. The van der Waals surface area contributed by atoms with Gasteiger partial charge >= 0.3 is 0 Å². The van der Waals surface area contributed by atoms with Gasteiger partial charge in [0.2, 0.25) is 12.2 Å². The molecule has 158 valence electrons. The second-order valence-corrected chi connectivity index (χ2v) is 9.71. The molecule has 7 nitrogen and oxygen atoms in total. The minimum atomic E-state index is -0.573. The number of amides is 1. The summed E-state index contributed by atoms with van der Waals surface area (Å²) in [5.41, 5.74) is -0.114. The van der Waals surface area contributed by atoms with Crippen LogP contribution in [-0.4, -0.2) is 58.7 Å². The van der Waals surface area contributed by atoms with Crippen LogP contribution in [-0.2, 0) is 4.79 Å². The quantitative estimate of drug-likeness (QED) is 0.207. The van der Waals surface area contributed by atoms with Crippen LogP contribution in [0.3, 0.4) is 0 Å². The van der Waals surface area contributed by atoms with Gasteiger partial charge in [-0.2, -0.15) is 0 Å². The van der Waals surface area contributed by atoms with E-state index in [1.807, 2.05) is 7.05 Å². The Hall–Kier alpha value is -1.41. The summed E-state index contributed by atoms with van der Waals surface area (Å²) < 4.78 is 5.61. The van der Waals surface area contributed by atoms with E-state index in [4.69, 9.17) is 4.42 Å². The highest BCUT2D eigenvalue weighted by Gasteiger charge is 2.36. The summed E-state index contributed by atoms with van der Waals surface area (Å²) in [5.74, 6) is 0.529. The Bertz CT molecular complexity index is 621. The van der Waals surface area contributed by atoms with E-state index < -0.39 is 6.04 Å². The van der Waals surface area contributed by atoms with E-state index >= 15 is 0 Å². The zero-order valence-electron chi connectivity index (χ0n) is 17.6. The molecule has 1 atom stereocenters. The Kier molecular flexibility index (Phi) is 8.95. The van der Waals surface area contributed by atoms with Gasteiger partial charge in [-0.05, 0) is 31.7 Å². The Morgan fingerprint density at radius 3 is 2.54 bits per heavy atom. The Morgan fingerprint density at radius 1 is 1.29 bits per heavy atom. The first-order valence-corrected chi connectivity index (χ1v) is 11.2. The lowest BCUT2D eigenvalue weighted by molar-refractivity contribution is -0.122. The van der Waals surface area contributed by atoms with E-state index in [2.05, 4.69) is 36.3 Å². The number of ketones is 1. The van der Waals surface area contributed by atoms with Gasteiger partial charge in [-0.3, -0.25) is 9.59 Å². The number of nitrogens with zero attached hydrogens (tertiary/aromatic N) is 3. The Labute approximate surface area is 172 Å². The highest BCUT2D eigenvalue weighted by molar-refractivity contribution is 7.99. The van der Waals surface area contributed by atoms with Gasteiger partial charge in [0.15, 0.2) is 0 Å². The molecule has 0 bridgehead atoms. The maximum absolute atomic E-state index is 13.3. The van der Waals surface area contributed by atoms with Crippen molar-refractivity contribution in [3.63, 3.8) is 0 Å². The molecule has 1 N–H and O–H groups in total. The monoisotopic (exact) mass is 410 g/mol. The highest BCUT2D eigenvalue weighted by atomic mass is 32.2. The van der Waals surface area contributed by atoms with Gasteiger partial charge in [-0.1, -0.05) is 58.2 Å². The number of thioether (sulfide) groups is 1. The molecule has 1 amide bonds. The third kappa shape index (κ3) is 6.88. The molecule has 0 spiro atoms. The van der Waals surface area contributed by atoms with Gasteiger partial charge in [0, 0.05) is 18.3 Å². The highest BCUT2D eigenvalue weighted by Crippen LogP contribution is 2.30. The van der Waals surface area contributed by atoms with Gasteiger partial charge in [0.05, 0.1) is 0 Å². The lowest BCUT2D eigenvalue weighted by Gasteiger charge is -2.36. The smallest absolute Gasteiger partial charge is 0.286 e. The molecule has 0 aliphatic heterocycles. The van der Waals surface area contributed by atoms with Crippen LogP contribution in [0.25, 0.3) is 0 Å². The normalized spacial score (nSPS) is 17.1. The SMILES string of the molecule is CNCCSc1nnc(C(=O)C(CC(C)(C)C)N(C=O)C2CCCCCC2)o1. The summed E-state index contributed by atoms with van der Waals surface area (Å²) in [6.07, 6.45) is 7.88. The lowest BCUT2D eigenvalue weighted by Crippen LogP contribution is -2.48. The number of carbonyl (C=O) groups is 2. The third-order valence-electron chi connectivity index (χ3n) is 5.03. The van der Waals surface area contributed by atoms with Crippen LogP contribution in [0.2, 0.25) is 0 Å². The second-order valence-electron chi connectivity index (χ2n) is 8.67. The average molecular weight is 411 g/mol. The van der Waals surface area contributed by atoms with Crippen molar-refractivity contribution in [3.05, 3.63) is 5.89 Å². The van der Waals surface area contributed by atoms with Crippen molar-refractivity contribution in [2.24, 2.45) is 5.41 Å². The van der Waals surface area contributed by atoms with Crippen molar-refractivity contribution in [2.45, 2.75) is 83.0 Å². The minimum Gasteiger partial charge on any atom is -0.408 e. The number of aromatic nitrogens is 2. The predicted molar refractivity (Wildman–Crippen MR) is 111 cm³/mol. The van der Waals surface area contributed by atoms with Gasteiger partial charge in [0.25, 0.3) is 11.1 Å². The zero-order chi connectivity index (χ0) is 20.6. The molecular weight excluding hydrogens is 376 g/mol. The largest absolute Gasteiger partial charge is 0.408 e.